The molecule has 0 amide bonds. The van der Waals surface area contributed by atoms with Gasteiger partial charge >= 0.3 is 0 Å². The molecule has 0 heterocycles. The lowest BCUT2D eigenvalue weighted by Gasteiger charge is -2.30. The molecule has 0 radical (unpaired) electrons. The number of hydrogen-bond donors (Lipinski definition) is 2. The number of aliphatic imine (C=N–C) groups is 1. The van der Waals surface area contributed by atoms with Gasteiger partial charge in [0.05, 0.1) is 5.75 Å². The molecule has 0 aliphatic rings. The van der Waals surface area contributed by atoms with E-state index < -0.39 is 9.84 Å². The summed E-state index contributed by atoms with van der Waals surface area (Å²) in [4.78, 5) is 6.73. The first-order valence-corrected chi connectivity index (χ1v) is 11.3. The minimum atomic E-state index is -2.92. The van der Waals surface area contributed by atoms with Crippen LogP contribution >= 0.6 is 0 Å². The van der Waals surface area contributed by atoms with E-state index in [1.54, 1.807) is 7.05 Å². The quantitative estimate of drug-likeness (QED) is 0.328. The Morgan fingerprint density at radius 1 is 1.12 bits per heavy atom. The van der Waals surface area contributed by atoms with Crippen LogP contribution in [0.4, 0.5) is 0 Å². The molecule has 0 fully saturated rings. The number of sulfone groups is 1. The van der Waals surface area contributed by atoms with Crippen molar-refractivity contribution in [2.75, 3.05) is 38.7 Å². The molecule has 0 aliphatic carbocycles. The molecule has 0 atom stereocenters. The van der Waals surface area contributed by atoms with Crippen molar-refractivity contribution in [3.8, 4) is 0 Å². The van der Waals surface area contributed by atoms with Crippen molar-refractivity contribution in [1.29, 1.82) is 0 Å². The van der Waals surface area contributed by atoms with E-state index in [-0.39, 0.29) is 11.2 Å². The Morgan fingerprint density at radius 3 is 2.12 bits per heavy atom. The maximum Gasteiger partial charge on any atom is 0.190 e. The Labute approximate surface area is 155 Å². The van der Waals surface area contributed by atoms with Crippen molar-refractivity contribution in [3.05, 3.63) is 0 Å². The van der Waals surface area contributed by atoms with Gasteiger partial charge in [0.2, 0.25) is 0 Å². The van der Waals surface area contributed by atoms with Crippen molar-refractivity contribution in [1.82, 2.24) is 15.5 Å². The summed E-state index contributed by atoms with van der Waals surface area (Å²) in [6.07, 6.45) is 2.97. The summed E-state index contributed by atoms with van der Waals surface area (Å²) in [5.41, 5.74) is -0.104. The second-order valence-electron chi connectivity index (χ2n) is 8.18. The molecule has 0 bridgehead atoms. The minimum absolute atomic E-state index is 0.104. The van der Waals surface area contributed by atoms with Crippen LogP contribution in [0.25, 0.3) is 0 Å². The standard InChI is InChI=1S/C18H40N4O2S/c1-15(2)22(16(3)4)12-9-11-20-17(19-7)21-14-18(5,6)10-13-25(8,23)24/h15-16H,9-14H2,1-8H3,(H2,19,20,21). The van der Waals surface area contributed by atoms with E-state index in [1.807, 2.05) is 0 Å². The van der Waals surface area contributed by atoms with Crippen LogP contribution in [0, 0.1) is 5.41 Å². The Hall–Kier alpha value is -0.820. The molecule has 150 valence electrons. The maximum atomic E-state index is 11.3. The van der Waals surface area contributed by atoms with Crippen molar-refractivity contribution in [2.24, 2.45) is 10.4 Å². The molecule has 0 aromatic rings. The van der Waals surface area contributed by atoms with Crippen LogP contribution in [-0.4, -0.2) is 70.1 Å². The van der Waals surface area contributed by atoms with E-state index in [4.69, 9.17) is 0 Å². The second kappa shape index (κ2) is 11.0. The van der Waals surface area contributed by atoms with Gasteiger partial charge in [-0.25, -0.2) is 8.42 Å². The van der Waals surface area contributed by atoms with Crippen molar-refractivity contribution >= 4 is 15.8 Å². The van der Waals surface area contributed by atoms with Crippen molar-refractivity contribution in [3.63, 3.8) is 0 Å². The van der Waals surface area contributed by atoms with E-state index >= 15 is 0 Å². The van der Waals surface area contributed by atoms with Crippen LogP contribution in [0.2, 0.25) is 0 Å². The van der Waals surface area contributed by atoms with Gasteiger partial charge in [0, 0.05) is 45.0 Å². The molecular formula is C18H40N4O2S. The average Bonchev–Trinajstić information content (AvgIpc) is 2.46. The predicted octanol–water partition coefficient (Wildman–Crippen LogP) is 2.12. The van der Waals surface area contributed by atoms with E-state index in [2.05, 4.69) is 62.1 Å². The molecule has 2 N–H and O–H groups in total. The zero-order valence-corrected chi connectivity index (χ0v) is 18.3. The van der Waals surface area contributed by atoms with Gasteiger partial charge in [-0.05, 0) is 46.0 Å². The third-order valence-corrected chi connectivity index (χ3v) is 5.27. The zero-order chi connectivity index (χ0) is 19.7. The fourth-order valence-corrected chi connectivity index (χ4v) is 3.60. The van der Waals surface area contributed by atoms with Gasteiger partial charge in [0.25, 0.3) is 0 Å². The maximum absolute atomic E-state index is 11.3. The molecular weight excluding hydrogens is 336 g/mol. The molecule has 0 unspecified atom stereocenters. The first kappa shape index (κ1) is 24.2. The molecule has 7 heteroatoms. The highest BCUT2D eigenvalue weighted by atomic mass is 32.2. The van der Waals surface area contributed by atoms with Gasteiger partial charge in [0.1, 0.15) is 9.84 Å². The monoisotopic (exact) mass is 376 g/mol. The predicted molar refractivity (Wildman–Crippen MR) is 109 cm³/mol. The number of nitrogens with one attached hydrogen (secondary N) is 2. The molecule has 0 saturated heterocycles. The normalized spacial score (nSPS) is 13.8. The van der Waals surface area contributed by atoms with E-state index in [0.29, 0.717) is 25.0 Å². The van der Waals surface area contributed by atoms with Gasteiger partial charge < -0.3 is 10.6 Å². The van der Waals surface area contributed by atoms with Crippen LogP contribution in [0.5, 0.6) is 0 Å². The lowest BCUT2D eigenvalue weighted by molar-refractivity contribution is 0.173. The van der Waals surface area contributed by atoms with Gasteiger partial charge in [-0.2, -0.15) is 0 Å². The first-order chi connectivity index (χ1) is 11.4. The van der Waals surface area contributed by atoms with Crippen LogP contribution < -0.4 is 10.6 Å². The molecule has 0 spiro atoms. The Kier molecular flexibility index (Phi) is 10.7. The zero-order valence-electron chi connectivity index (χ0n) is 17.5. The second-order valence-corrected chi connectivity index (χ2v) is 10.4. The van der Waals surface area contributed by atoms with E-state index in [9.17, 15) is 8.42 Å². The van der Waals surface area contributed by atoms with Crippen LogP contribution in [-0.2, 0) is 9.84 Å². The average molecular weight is 377 g/mol. The summed E-state index contributed by atoms with van der Waals surface area (Å²) in [7, 11) is -1.16. The van der Waals surface area contributed by atoms with Crippen LogP contribution in [0.15, 0.2) is 4.99 Å². The third-order valence-electron chi connectivity index (χ3n) is 4.32. The largest absolute Gasteiger partial charge is 0.356 e. The molecule has 0 aliphatic heterocycles. The van der Waals surface area contributed by atoms with Crippen molar-refractivity contribution in [2.45, 2.75) is 66.5 Å². The number of guanidine groups is 1. The summed E-state index contributed by atoms with van der Waals surface area (Å²) < 4.78 is 22.7. The van der Waals surface area contributed by atoms with Gasteiger partial charge in [-0.15, -0.1) is 0 Å². The molecule has 0 rings (SSSR count). The van der Waals surface area contributed by atoms with Crippen LogP contribution in [0.1, 0.15) is 54.4 Å². The van der Waals surface area contributed by atoms with E-state index in [0.717, 1.165) is 25.5 Å². The third kappa shape index (κ3) is 12.2. The van der Waals surface area contributed by atoms with E-state index in [1.165, 1.54) is 6.26 Å². The molecule has 0 aromatic carbocycles. The Morgan fingerprint density at radius 2 is 1.68 bits per heavy atom. The Balaban J connectivity index is 4.23. The molecule has 0 aromatic heterocycles. The highest BCUT2D eigenvalue weighted by Gasteiger charge is 2.20. The fourth-order valence-electron chi connectivity index (χ4n) is 2.67. The summed E-state index contributed by atoms with van der Waals surface area (Å²) >= 11 is 0. The highest BCUT2D eigenvalue weighted by Crippen LogP contribution is 2.19. The molecule has 6 nitrogen and oxygen atoms in total. The summed E-state index contributed by atoms with van der Waals surface area (Å²) in [5.74, 6) is 0.988. The summed E-state index contributed by atoms with van der Waals surface area (Å²) in [6, 6.07) is 1.10. The minimum Gasteiger partial charge on any atom is -0.356 e. The molecule has 0 saturated carbocycles. The number of nitrogens with zero attached hydrogens (tertiary/aromatic N) is 2. The number of hydrogen-bond acceptors (Lipinski definition) is 4. The van der Waals surface area contributed by atoms with Crippen molar-refractivity contribution < 1.29 is 8.42 Å². The van der Waals surface area contributed by atoms with Crippen LogP contribution in [0.3, 0.4) is 0 Å². The van der Waals surface area contributed by atoms with Gasteiger partial charge in [0.15, 0.2) is 5.96 Å². The molecule has 25 heavy (non-hydrogen) atoms. The SMILES string of the molecule is CN=C(NCCCN(C(C)C)C(C)C)NCC(C)(C)CCS(C)(=O)=O. The highest BCUT2D eigenvalue weighted by molar-refractivity contribution is 7.90. The summed E-state index contributed by atoms with van der Waals surface area (Å²) in [6.45, 7) is 15.7. The fraction of sp³-hybridized carbons (Fsp3) is 0.944. The first-order valence-electron chi connectivity index (χ1n) is 9.26. The summed E-state index contributed by atoms with van der Waals surface area (Å²) in [5, 5.41) is 6.65. The lowest BCUT2D eigenvalue weighted by Crippen LogP contribution is -2.44. The smallest absolute Gasteiger partial charge is 0.190 e. The Bertz CT molecular complexity index is 491. The topological polar surface area (TPSA) is 73.8 Å². The van der Waals surface area contributed by atoms with Gasteiger partial charge in [-0.3, -0.25) is 9.89 Å². The number of rotatable bonds is 11. The lowest BCUT2D eigenvalue weighted by atomic mass is 9.90. The van der Waals surface area contributed by atoms with Gasteiger partial charge in [-0.1, -0.05) is 13.8 Å².